The lowest BCUT2D eigenvalue weighted by molar-refractivity contribution is -0.141. The Hall–Kier alpha value is -2.24. The van der Waals surface area contributed by atoms with E-state index < -0.39 is 6.04 Å². The van der Waals surface area contributed by atoms with Crippen LogP contribution in [0.5, 0.6) is 5.75 Å². The molecule has 0 radical (unpaired) electrons. The first-order valence-corrected chi connectivity index (χ1v) is 6.05. The first-order valence-electron chi connectivity index (χ1n) is 6.05. The van der Waals surface area contributed by atoms with E-state index in [0.717, 1.165) is 5.69 Å². The molecule has 0 saturated carbocycles. The molecule has 0 fully saturated rings. The molecule has 0 spiro atoms. The van der Waals surface area contributed by atoms with Gasteiger partial charge in [-0.3, -0.25) is 4.79 Å². The maximum atomic E-state index is 11.5. The van der Waals surface area contributed by atoms with Crippen LogP contribution in [0.3, 0.4) is 0 Å². The Morgan fingerprint density at radius 2 is 2.37 bits per heavy atom. The number of esters is 1. The van der Waals surface area contributed by atoms with Crippen molar-refractivity contribution in [3.63, 3.8) is 0 Å². The maximum Gasteiger partial charge on any atom is 0.328 e. The van der Waals surface area contributed by atoms with Gasteiger partial charge in [-0.1, -0.05) is 6.92 Å². The first kappa shape index (κ1) is 13.2. The van der Waals surface area contributed by atoms with E-state index >= 15 is 0 Å². The molecule has 102 valence electrons. The zero-order valence-corrected chi connectivity index (χ0v) is 10.9. The van der Waals surface area contributed by atoms with E-state index in [-0.39, 0.29) is 18.5 Å². The van der Waals surface area contributed by atoms with Crippen molar-refractivity contribution in [2.24, 2.45) is 0 Å². The van der Waals surface area contributed by atoms with E-state index in [1.165, 1.54) is 7.11 Å². The minimum absolute atomic E-state index is 0.0273. The van der Waals surface area contributed by atoms with Gasteiger partial charge in [0, 0.05) is 5.69 Å². The van der Waals surface area contributed by atoms with E-state index in [9.17, 15) is 9.59 Å². The summed E-state index contributed by atoms with van der Waals surface area (Å²) in [7, 11) is 1.35. The van der Waals surface area contributed by atoms with Crippen LogP contribution in [0.4, 0.5) is 11.4 Å². The molecule has 1 atom stereocenters. The van der Waals surface area contributed by atoms with Gasteiger partial charge in [-0.25, -0.2) is 4.79 Å². The molecule has 1 unspecified atom stereocenters. The number of ether oxygens (including phenoxy) is 2. The summed E-state index contributed by atoms with van der Waals surface area (Å²) >= 11 is 0. The summed E-state index contributed by atoms with van der Waals surface area (Å²) in [4.78, 5) is 22.7. The number of fused-ring (bicyclic) bond motifs is 1. The van der Waals surface area contributed by atoms with E-state index in [1.54, 1.807) is 18.2 Å². The van der Waals surface area contributed by atoms with Crippen molar-refractivity contribution >= 4 is 23.3 Å². The minimum Gasteiger partial charge on any atom is -0.482 e. The van der Waals surface area contributed by atoms with Crippen LogP contribution in [0.2, 0.25) is 0 Å². The van der Waals surface area contributed by atoms with Crippen LogP contribution in [0.15, 0.2) is 18.2 Å². The van der Waals surface area contributed by atoms with Crippen LogP contribution in [0, 0.1) is 0 Å². The normalized spacial score (nSPS) is 14.7. The second-order valence-electron chi connectivity index (χ2n) is 4.18. The Kier molecular flexibility index (Phi) is 3.89. The number of hydrogen-bond acceptors (Lipinski definition) is 5. The van der Waals surface area contributed by atoms with E-state index in [4.69, 9.17) is 9.47 Å². The van der Waals surface area contributed by atoms with Gasteiger partial charge in [0.2, 0.25) is 0 Å². The summed E-state index contributed by atoms with van der Waals surface area (Å²) in [6.45, 7) is 1.91. The van der Waals surface area contributed by atoms with Crippen molar-refractivity contribution in [1.82, 2.24) is 0 Å². The summed E-state index contributed by atoms with van der Waals surface area (Å²) in [5.41, 5.74) is 1.32. The average molecular weight is 264 g/mol. The molecular formula is C13H16N2O4. The highest BCUT2D eigenvalue weighted by Crippen LogP contribution is 2.30. The lowest BCUT2D eigenvalue weighted by Gasteiger charge is -2.20. The molecule has 0 aromatic heterocycles. The summed E-state index contributed by atoms with van der Waals surface area (Å²) in [5, 5.41) is 5.78. The van der Waals surface area contributed by atoms with E-state index in [0.29, 0.717) is 17.9 Å². The number of carbonyl (C=O) groups is 2. The van der Waals surface area contributed by atoms with Crippen molar-refractivity contribution in [1.29, 1.82) is 0 Å². The number of methoxy groups -OCH3 is 1. The number of nitrogens with one attached hydrogen (secondary N) is 2. The highest BCUT2D eigenvalue weighted by molar-refractivity contribution is 5.96. The number of amides is 1. The van der Waals surface area contributed by atoms with Gasteiger partial charge in [-0.15, -0.1) is 0 Å². The fraction of sp³-hybridized carbons (Fsp3) is 0.385. The van der Waals surface area contributed by atoms with Crippen LogP contribution < -0.4 is 15.4 Å². The lowest BCUT2D eigenvalue weighted by Crippen LogP contribution is -2.30. The van der Waals surface area contributed by atoms with Gasteiger partial charge in [0.25, 0.3) is 5.91 Å². The molecule has 19 heavy (non-hydrogen) atoms. The third-order valence-electron chi connectivity index (χ3n) is 2.85. The molecule has 1 amide bonds. The lowest BCUT2D eigenvalue weighted by atomic mass is 10.2. The molecule has 1 aromatic rings. The third kappa shape index (κ3) is 2.96. The van der Waals surface area contributed by atoms with Crippen molar-refractivity contribution in [3.05, 3.63) is 18.2 Å². The quantitative estimate of drug-likeness (QED) is 0.803. The Morgan fingerprint density at radius 3 is 3.05 bits per heavy atom. The largest absolute Gasteiger partial charge is 0.482 e. The van der Waals surface area contributed by atoms with Gasteiger partial charge in [-0.05, 0) is 24.6 Å². The predicted octanol–water partition coefficient (Wildman–Crippen LogP) is 1.38. The fourth-order valence-corrected chi connectivity index (χ4v) is 1.84. The second-order valence-corrected chi connectivity index (χ2v) is 4.18. The number of rotatable bonds is 4. The summed E-state index contributed by atoms with van der Waals surface area (Å²) in [5.74, 6) is 0.112. The zero-order valence-electron chi connectivity index (χ0n) is 10.9. The number of hydrogen-bond donors (Lipinski definition) is 2. The molecule has 6 nitrogen and oxygen atoms in total. The molecule has 0 aliphatic carbocycles. The Labute approximate surface area is 111 Å². The smallest absolute Gasteiger partial charge is 0.328 e. The molecule has 2 rings (SSSR count). The van der Waals surface area contributed by atoms with Crippen molar-refractivity contribution in [3.8, 4) is 5.75 Å². The number of carbonyl (C=O) groups excluding carboxylic acids is 2. The van der Waals surface area contributed by atoms with Gasteiger partial charge in [0.15, 0.2) is 6.61 Å². The summed E-state index contributed by atoms with van der Waals surface area (Å²) in [6, 6.07) is 4.87. The Morgan fingerprint density at radius 1 is 1.58 bits per heavy atom. The topological polar surface area (TPSA) is 76.7 Å². The monoisotopic (exact) mass is 264 g/mol. The van der Waals surface area contributed by atoms with E-state index in [2.05, 4.69) is 10.6 Å². The molecule has 1 aromatic carbocycles. The van der Waals surface area contributed by atoms with Gasteiger partial charge < -0.3 is 20.1 Å². The minimum atomic E-state index is -0.414. The second kappa shape index (κ2) is 5.60. The van der Waals surface area contributed by atoms with Crippen LogP contribution in [-0.4, -0.2) is 31.6 Å². The zero-order chi connectivity index (χ0) is 13.8. The SMILES string of the molecule is CCC(Nc1ccc2c(c1)NC(=O)CO2)C(=O)OC. The first-order chi connectivity index (χ1) is 9.13. The molecule has 1 heterocycles. The maximum absolute atomic E-state index is 11.5. The molecule has 0 bridgehead atoms. The molecule has 0 saturated heterocycles. The van der Waals surface area contributed by atoms with Gasteiger partial charge in [0.1, 0.15) is 11.8 Å². The number of anilines is 2. The van der Waals surface area contributed by atoms with Crippen molar-refractivity contribution in [2.45, 2.75) is 19.4 Å². The predicted molar refractivity (Wildman–Crippen MR) is 70.3 cm³/mol. The van der Waals surface area contributed by atoms with E-state index in [1.807, 2.05) is 6.92 Å². The van der Waals surface area contributed by atoms with Gasteiger partial charge >= 0.3 is 5.97 Å². The molecular weight excluding hydrogens is 248 g/mol. The summed E-state index contributed by atoms with van der Waals surface area (Å²) in [6.07, 6.45) is 0.604. The highest BCUT2D eigenvalue weighted by Gasteiger charge is 2.19. The summed E-state index contributed by atoms with van der Waals surface area (Å²) < 4.78 is 9.97. The van der Waals surface area contributed by atoms with Crippen LogP contribution in [-0.2, 0) is 14.3 Å². The van der Waals surface area contributed by atoms with Crippen molar-refractivity contribution < 1.29 is 19.1 Å². The number of benzene rings is 1. The molecule has 2 N–H and O–H groups in total. The highest BCUT2D eigenvalue weighted by atomic mass is 16.5. The average Bonchev–Trinajstić information content (AvgIpc) is 2.43. The van der Waals surface area contributed by atoms with Gasteiger partial charge in [0.05, 0.1) is 12.8 Å². The van der Waals surface area contributed by atoms with Crippen LogP contribution in [0.1, 0.15) is 13.3 Å². The van der Waals surface area contributed by atoms with Gasteiger partial charge in [-0.2, -0.15) is 0 Å². The fourth-order valence-electron chi connectivity index (χ4n) is 1.84. The third-order valence-corrected chi connectivity index (χ3v) is 2.85. The van der Waals surface area contributed by atoms with Crippen LogP contribution in [0.25, 0.3) is 0 Å². The molecule has 6 heteroatoms. The molecule has 1 aliphatic heterocycles. The Bertz CT molecular complexity index is 501. The van der Waals surface area contributed by atoms with Crippen LogP contribution >= 0.6 is 0 Å². The molecule has 1 aliphatic rings. The van der Waals surface area contributed by atoms with Crippen molar-refractivity contribution in [2.75, 3.05) is 24.4 Å². The Balaban J connectivity index is 2.15. The standard InChI is InChI=1S/C13H16N2O4/c1-3-9(13(17)18-2)14-8-4-5-11-10(6-8)15-12(16)7-19-11/h4-6,9,14H,3,7H2,1-2H3,(H,15,16).